The summed E-state index contributed by atoms with van der Waals surface area (Å²) < 4.78 is 4.95. The van der Waals surface area contributed by atoms with E-state index in [1.54, 1.807) is 20.4 Å². The van der Waals surface area contributed by atoms with Gasteiger partial charge in [-0.15, -0.1) is 0 Å². The Morgan fingerprint density at radius 3 is 2.42 bits per heavy atom. The number of hydrogen-bond donors (Lipinski definition) is 0. The summed E-state index contributed by atoms with van der Waals surface area (Å²) in [5.74, 6) is 0.822. The minimum atomic E-state index is 0.749. The lowest BCUT2D eigenvalue weighted by Gasteiger charge is -2.04. The second-order valence-electron chi connectivity index (χ2n) is 2.60. The van der Waals surface area contributed by atoms with Crippen LogP contribution in [0.5, 0.6) is 0 Å². The molecule has 0 heterocycles. The number of allylic oxidation sites excluding steroid dienone is 3. The van der Waals surface area contributed by atoms with Crippen molar-refractivity contribution in [1.29, 1.82) is 0 Å². The first-order valence-electron chi connectivity index (χ1n) is 3.68. The van der Waals surface area contributed by atoms with E-state index in [4.69, 9.17) is 4.74 Å². The zero-order chi connectivity index (χ0) is 9.56. The molecule has 68 valence electrons. The largest absolute Gasteiger partial charge is 0.501 e. The van der Waals surface area contributed by atoms with Crippen LogP contribution in [-0.4, -0.2) is 25.5 Å². The maximum Gasteiger partial charge on any atom is 0.213 e. The Bertz CT molecular complexity index is 207. The lowest BCUT2D eigenvalue weighted by Crippen LogP contribution is -2.06. The Morgan fingerprint density at radius 2 is 2.00 bits per heavy atom. The highest BCUT2D eigenvalue weighted by atomic mass is 16.5. The van der Waals surface area contributed by atoms with E-state index in [0.717, 1.165) is 17.7 Å². The van der Waals surface area contributed by atoms with Gasteiger partial charge in [0, 0.05) is 13.2 Å². The molecule has 0 aromatic carbocycles. The summed E-state index contributed by atoms with van der Waals surface area (Å²) in [6.45, 7) is 3.76. The van der Waals surface area contributed by atoms with Gasteiger partial charge in [0.25, 0.3) is 0 Å². The first-order valence-corrected chi connectivity index (χ1v) is 3.68. The number of methoxy groups -OCH3 is 1. The second kappa shape index (κ2) is 5.41. The van der Waals surface area contributed by atoms with Crippen molar-refractivity contribution >= 4 is 6.41 Å². The van der Waals surface area contributed by atoms with Gasteiger partial charge in [0.2, 0.25) is 6.41 Å². The van der Waals surface area contributed by atoms with E-state index in [2.05, 4.69) is 0 Å². The summed E-state index contributed by atoms with van der Waals surface area (Å²) in [6, 6.07) is 0. The average Bonchev–Trinajstić information content (AvgIpc) is 2.03. The number of carbonyl (C=O) groups is 1. The van der Waals surface area contributed by atoms with Crippen LogP contribution in [0.25, 0.3) is 0 Å². The summed E-state index contributed by atoms with van der Waals surface area (Å²) in [5, 5.41) is 0. The fourth-order valence-electron chi connectivity index (χ4n) is 0.768. The molecule has 0 fully saturated rings. The molecule has 3 heteroatoms. The molecule has 0 rings (SSSR count). The molecule has 0 aliphatic carbocycles. The van der Waals surface area contributed by atoms with Crippen LogP contribution < -0.4 is 0 Å². The normalized spacial score (nSPS) is 12.7. The molecule has 3 nitrogen and oxygen atoms in total. The van der Waals surface area contributed by atoms with Crippen molar-refractivity contribution in [2.24, 2.45) is 0 Å². The van der Waals surface area contributed by atoms with E-state index < -0.39 is 0 Å². The van der Waals surface area contributed by atoms with Gasteiger partial charge < -0.3 is 9.64 Å². The number of carbonyl (C=O) groups excluding carboxylic acids is 1. The summed E-state index contributed by atoms with van der Waals surface area (Å²) in [6.07, 6.45) is 4.34. The molecular weight excluding hydrogens is 154 g/mol. The smallest absolute Gasteiger partial charge is 0.213 e. The molecule has 12 heavy (non-hydrogen) atoms. The van der Waals surface area contributed by atoms with E-state index in [9.17, 15) is 4.79 Å². The van der Waals surface area contributed by atoms with E-state index >= 15 is 0 Å². The van der Waals surface area contributed by atoms with Crippen LogP contribution >= 0.6 is 0 Å². The fourth-order valence-corrected chi connectivity index (χ4v) is 0.768. The van der Waals surface area contributed by atoms with Crippen LogP contribution in [0.3, 0.4) is 0 Å². The first kappa shape index (κ1) is 10.8. The van der Waals surface area contributed by atoms with E-state index in [1.807, 2.05) is 19.9 Å². The van der Waals surface area contributed by atoms with Gasteiger partial charge in [0.1, 0.15) is 0 Å². The molecule has 0 aliphatic heterocycles. The molecule has 0 bridgehead atoms. The molecule has 0 atom stereocenters. The molecule has 0 N–H and O–H groups in total. The Morgan fingerprint density at radius 1 is 1.42 bits per heavy atom. The van der Waals surface area contributed by atoms with Gasteiger partial charge in [-0.25, -0.2) is 0 Å². The van der Waals surface area contributed by atoms with Crippen LogP contribution in [0.15, 0.2) is 23.6 Å². The summed E-state index contributed by atoms with van der Waals surface area (Å²) in [7, 11) is 3.30. The SMILES string of the molecule is CO/C(C)=C/C(C)=C\N(C)C=O. The third-order valence-corrected chi connectivity index (χ3v) is 1.33. The maximum atomic E-state index is 10.2. The number of nitrogens with zero attached hydrogens (tertiary/aromatic N) is 1. The lowest BCUT2D eigenvalue weighted by atomic mass is 10.3. The monoisotopic (exact) mass is 169 g/mol. The standard InChI is InChI=1S/C9H15NO2/c1-8(5-9(2)12-4)6-10(3)7-11/h5-7H,1-4H3/b8-6-,9-5+. The first-order chi connectivity index (χ1) is 5.60. The van der Waals surface area contributed by atoms with Gasteiger partial charge in [0.05, 0.1) is 12.9 Å². The fraction of sp³-hybridized carbons (Fsp3) is 0.444. The highest BCUT2D eigenvalue weighted by molar-refractivity contribution is 5.48. The molecule has 0 saturated carbocycles. The predicted molar refractivity (Wildman–Crippen MR) is 48.4 cm³/mol. The van der Waals surface area contributed by atoms with Crippen molar-refractivity contribution in [1.82, 2.24) is 4.90 Å². The van der Waals surface area contributed by atoms with Gasteiger partial charge in [-0.3, -0.25) is 4.79 Å². The summed E-state index contributed by atoms with van der Waals surface area (Å²) in [4.78, 5) is 11.7. The van der Waals surface area contributed by atoms with Gasteiger partial charge in [-0.1, -0.05) is 0 Å². The van der Waals surface area contributed by atoms with Crippen molar-refractivity contribution in [3.63, 3.8) is 0 Å². The van der Waals surface area contributed by atoms with Crippen molar-refractivity contribution in [3.8, 4) is 0 Å². The molecule has 0 spiro atoms. The quantitative estimate of drug-likeness (QED) is 0.363. The van der Waals surface area contributed by atoms with Crippen molar-refractivity contribution < 1.29 is 9.53 Å². The van der Waals surface area contributed by atoms with Crippen LogP contribution in [0.2, 0.25) is 0 Å². The Hall–Kier alpha value is -1.25. The Balaban J connectivity index is 4.28. The number of ether oxygens (including phenoxy) is 1. The number of rotatable bonds is 4. The molecule has 0 aliphatic rings. The van der Waals surface area contributed by atoms with Gasteiger partial charge in [-0.05, 0) is 25.5 Å². The molecular formula is C9H15NO2. The highest BCUT2D eigenvalue weighted by Gasteiger charge is 1.89. The third kappa shape index (κ3) is 4.55. The number of hydrogen-bond acceptors (Lipinski definition) is 2. The zero-order valence-electron chi connectivity index (χ0n) is 8.00. The van der Waals surface area contributed by atoms with E-state index in [0.29, 0.717) is 0 Å². The van der Waals surface area contributed by atoms with Crippen LogP contribution in [0.1, 0.15) is 13.8 Å². The predicted octanol–water partition coefficient (Wildman–Crippen LogP) is 1.53. The molecule has 0 unspecified atom stereocenters. The summed E-state index contributed by atoms with van der Waals surface area (Å²) in [5.41, 5.74) is 0.976. The molecule has 0 aromatic heterocycles. The summed E-state index contributed by atoms with van der Waals surface area (Å²) >= 11 is 0. The van der Waals surface area contributed by atoms with Gasteiger partial charge in [-0.2, -0.15) is 0 Å². The van der Waals surface area contributed by atoms with E-state index in [-0.39, 0.29) is 0 Å². The third-order valence-electron chi connectivity index (χ3n) is 1.33. The highest BCUT2D eigenvalue weighted by Crippen LogP contribution is 2.01. The number of amides is 1. The van der Waals surface area contributed by atoms with Gasteiger partial charge in [0.15, 0.2) is 0 Å². The van der Waals surface area contributed by atoms with Crippen LogP contribution in [0, 0.1) is 0 Å². The molecule has 0 radical (unpaired) electrons. The van der Waals surface area contributed by atoms with Crippen molar-refractivity contribution in [2.75, 3.05) is 14.2 Å². The van der Waals surface area contributed by atoms with Crippen LogP contribution in [0.4, 0.5) is 0 Å². The van der Waals surface area contributed by atoms with Crippen molar-refractivity contribution in [3.05, 3.63) is 23.6 Å². The Kier molecular flexibility index (Phi) is 4.84. The van der Waals surface area contributed by atoms with E-state index in [1.165, 1.54) is 4.90 Å². The zero-order valence-corrected chi connectivity index (χ0v) is 8.00. The minimum Gasteiger partial charge on any atom is -0.501 e. The second-order valence-corrected chi connectivity index (χ2v) is 2.60. The topological polar surface area (TPSA) is 29.5 Å². The maximum absolute atomic E-state index is 10.2. The van der Waals surface area contributed by atoms with Gasteiger partial charge >= 0.3 is 0 Å². The van der Waals surface area contributed by atoms with Crippen LogP contribution in [-0.2, 0) is 9.53 Å². The molecule has 0 aromatic rings. The Labute approximate surface area is 73.3 Å². The molecule has 1 amide bonds. The molecule has 0 saturated heterocycles. The minimum absolute atomic E-state index is 0.749. The van der Waals surface area contributed by atoms with Crippen molar-refractivity contribution in [2.45, 2.75) is 13.8 Å². The average molecular weight is 169 g/mol. The lowest BCUT2D eigenvalue weighted by molar-refractivity contribution is -0.115.